The topological polar surface area (TPSA) is 23.8 Å². The van der Waals surface area contributed by atoms with E-state index in [4.69, 9.17) is 16.9 Å². The first-order valence-electron chi connectivity index (χ1n) is 4.16. The minimum absolute atomic E-state index is 0.338. The average Bonchev–Trinajstić information content (AvgIpc) is 2.93. The number of halogens is 3. The van der Waals surface area contributed by atoms with Crippen molar-refractivity contribution in [1.29, 1.82) is 5.26 Å². The summed E-state index contributed by atoms with van der Waals surface area (Å²) in [5, 5.41) is 9.30. The molecular weight excluding hydrogens is 268 g/mol. The molecular formula is C10H6BrClFN. The molecule has 0 radical (unpaired) electrons. The maximum absolute atomic E-state index is 13.7. The number of nitrogens with zero attached hydrogens (tertiary/aromatic N) is 1. The predicted molar refractivity (Wildman–Crippen MR) is 55.6 cm³/mol. The van der Waals surface area contributed by atoms with Crippen molar-refractivity contribution in [2.75, 3.05) is 0 Å². The lowest BCUT2D eigenvalue weighted by Crippen LogP contribution is -2.07. The summed E-state index contributed by atoms with van der Waals surface area (Å²) in [6, 6.07) is 5.30. The van der Waals surface area contributed by atoms with Gasteiger partial charge in [0.2, 0.25) is 0 Å². The molecule has 1 nitrogen and oxygen atoms in total. The lowest BCUT2D eigenvalue weighted by molar-refractivity contribution is 0.593. The van der Waals surface area contributed by atoms with Crippen molar-refractivity contribution in [2.45, 2.75) is 18.3 Å². The fourth-order valence-corrected chi connectivity index (χ4v) is 2.17. The Morgan fingerprint density at radius 3 is 2.64 bits per heavy atom. The van der Waals surface area contributed by atoms with Crippen LogP contribution in [0.3, 0.4) is 0 Å². The zero-order valence-electron chi connectivity index (χ0n) is 7.15. The van der Waals surface area contributed by atoms with E-state index in [1.54, 1.807) is 12.1 Å². The Balaban J connectivity index is 2.64. The fourth-order valence-electron chi connectivity index (χ4n) is 1.51. The van der Waals surface area contributed by atoms with E-state index in [0.29, 0.717) is 27.9 Å². The van der Waals surface area contributed by atoms with E-state index in [0.717, 1.165) is 0 Å². The van der Waals surface area contributed by atoms with Crippen LogP contribution >= 0.6 is 27.5 Å². The Hall–Kier alpha value is -0.590. The standard InChI is InChI=1S/C10H6BrClFN/c11-6-1-2-7(12)8(9(6)13)10(5-14)3-4-10/h1-2H,3-4H2. The van der Waals surface area contributed by atoms with E-state index in [9.17, 15) is 4.39 Å². The SMILES string of the molecule is N#CC1(c2c(Cl)ccc(Br)c2F)CC1. The highest BCUT2D eigenvalue weighted by Crippen LogP contribution is 2.51. The molecule has 1 aliphatic rings. The maximum atomic E-state index is 13.7. The van der Waals surface area contributed by atoms with Gasteiger partial charge in [0.15, 0.2) is 0 Å². The van der Waals surface area contributed by atoms with Crippen LogP contribution in [0.2, 0.25) is 5.02 Å². The van der Waals surface area contributed by atoms with Crippen LogP contribution in [-0.2, 0) is 5.41 Å². The molecule has 14 heavy (non-hydrogen) atoms. The molecule has 0 atom stereocenters. The molecule has 1 fully saturated rings. The smallest absolute Gasteiger partial charge is 0.143 e. The van der Waals surface area contributed by atoms with Crippen LogP contribution < -0.4 is 0 Å². The monoisotopic (exact) mass is 273 g/mol. The number of benzene rings is 1. The van der Waals surface area contributed by atoms with Gasteiger partial charge in [-0.15, -0.1) is 0 Å². The number of hydrogen-bond acceptors (Lipinski definition) is 1. The Morgan fingerprint density at radius 1 is 1.50 bits per heavy atom. The second-order valence-electron chi connectivity index (χ2n) is 3.41. The van der Waals surface area contributed by atoms with Crippen molar-refractivity contribution in [1.82, 2.24) is 0 Å². The first-order chi connectivity index (χ1) is 6.60. The van der Waals surface area contributed by atoms with Crippen molar-refractivity contribution in [2.24, 2.45) is 0 Å². The van der Waals surface area contributed by atoms with Crippen molar-refractivity contribution in [3.05, 3.63) is 33.0 Å². The summed E-state index contributed by atoms with van der Waals surface area (Å²) in [6.45, 7) is 0. The Bertz CT molecular complexity index is 434. The fraction of sp³-hybridized carbons (Fsp3) is 0.300. The molecule has 0 bridgehead atoms. The highest BCUT2D eigenvalue weighted by atomic mass is 79.9. The minimum Gasteiger partial charge on any atom is -0.205 e. The maximum Gasteiger partial charge on any atom is 0.143 e. The first kappa shape index (κ1) is 9.95. The van der Waals surface area contributed by atoms with Gasteiger partial charge in [-0.05, 0) is 40.9 Å². The molecule has 1 aromatic rings. The van der Waals surface area contributed by atoms with E-state index in [1.807, 2.05) is 0 Å². The van der Waals surface area contributed by atoms with Gasteiger partial charge in [0.05, 0.1) is 16.0 Å². The Morgan fingerprint density at radius 2 is 2.14 bits per heavy atom. The largest absolute Gasteiger partial charge is 0.205 e. The Kier molecular flexibility index (Phi) is 2.29. The second kappa shape index (κ2) is 3.22. The van der Waals surface area contributed by atoms with Gasteiger partial charge in [-0.1, -0.05) is 11.6 Å². The minimum atomic E-state index is -0.676. The summed E-state index contributed by atoms with van der Waals surface area (Å²) >= 11 is 8.98. The summed E-state index contributed by atoms with van der Waals surface area (Å²) in [5.74, 6) is -0.406. The predicted octanol–water partition coefficient (Wildman–Crippen LogP) is 3.80. The molecule has 0 saturated heterocycles. The van der Waals surface area contributed by atoms with Gasteiger partial charge in [-0.3, -0.25) is 0 Å². The molecule has 72 valence electrons. The molecule has 4 heteroatoms. The van der Waals surface area contributed by atoms with Crippen molar-refractivity contribution >= 4 is 27.5 Å². The van der Waals surface area contributed by atoms with E-state index < -0.39 is 11.2 Å². The van der Waals surface area contributed by atoms with Gasteiger partial charge in [0, 0.05) is 10.6 Å². The third-order valence-electron chi connectivity index (χ3n) is 2.49. The van der Waals surface area contributed by atoms with Crippen LogP contribution in [0, 0.1) is 17.1 Å². The van der Waals surface area contributed by atoms with Crippen LogP contribution in [0.1, 0.15) is 18.4 Å². The quantitative estimate of drug-likeness (QED) is 0.715. The molecule has 0 spiro atoms. The van der Waals surface area contributed by atoms with Crippen LogP contribution in [-0.4, -0.2) is 0 Å². The molecule has 0 amide bonds. The zero-order valence-corrected chi connectivity index (χ0v) is 9.49. The molecule has 0 aliphatic heterocycles. The molecule has 1 saturated carbocycles. The molecule has 0 heterocycles. The molecule has 0 unspecified atom stereocenters. The van der Waals surface area contributed by atoms with Gasteiger partial charge in [0.1, 0.15) is 5.82 Å². The summed E-state index contributed by atoms with van der Waals surface area (Å²) in [5.41, 5.74) is -0.332. The third-order valence-corrected chi connectivity index (χ3v) is 3.41. The normalized spacial score (nSPS) is 17.6. The number of hydrogen-bond donors (Lipinski definition) is 0. The van der Waals surface area contributed by atoms with E-state index in [1.165, 1.54) is 0 Å². The van der Waals surface area contributed by atoms with Crippen LogP contribution in [0.5, 0.6) is 0 Å². The average molecular weight is 275 g/mol. The lowest BCUT2D eigenvalue weighted by atomic mass is 9.97. The summed E-state index contributed by atoms with van der Waals surface area (Å²) in [6.07, 6.45) is 1.38. The van der Waals surface area contributed by atoms with Gasteiger partial charge >= 0.3 is 0 Å². The summed E-state index contributed by atoms with van der Waals surface area (Å²) in [4.78, 5) is 0. The summed E-state index contributed by atoms with van der Waals surface area (Å²) in [7, 11) is 0. The molecule has 0 N–H and O–H groups in total. The van der Waals surface area contributed by atoms with E-state index in [-0.39, 0.29) is 0 Å². The lowest BCUT2D eigenvalue weighted by Gasteiger charge is -2.10. The highest BCUT2D eigenvalue weighted by Gasteiger charge is 2.48. The first-order valence-corrected chi connectivity index (χ1v) is 5.33. The van der Waals surface area contributed by atoms with Crippen LogP contribution in [0.25, 0.3) is 0 Å². The van der Waals surface area contributed by atoms with E-state index >= 15 is 0 Å². The second-order valence-corrected chi connectivity index (χ2v) is 4.67. The molecule has 1 aromatic carbocycles. The van der Waals surface area contributed by atoms with E-state index in [2.05, 4.69) is 22.0 Å². The van der Waals surface area contributed by atoms with Crippen LogP contribution in [0.15, 0.2) is 16.6 Å². The Labute approximate surface area is 94.6 Å². The van der Waals surface area contributed by atoms with Gasteiger partial charge in [-0.25, -0.2) is 4.39 Å². The van der Waals surface area contributed by atoms with Crippen molar-refractivity contribution < 1.29 is 4.39 Å². The van der Waals surface area contributed by atoms with Crippen molar-refractivity contribution in [3.63, 3.8) is 0 Å². The molecule has 2 rings (SSSR count). The summed E-state index contributed by atoms with van der Waals surface area (Å²) < 4.78 is 14.1. The molecule has 0 aromatic heterocycles. The number of rotatable bonds is 1. The highest BCUT2D eigenvalue weighted by molar-refractivity contribution is 9.10. The van der Waals surface area contributed by atoms with Crippen LogP contribution in [0.4, 0.5) is 4.39 Å². The zero-order chi connectivity index (χ0) is 10.3. The van der Waals surface area contributed by atoms with Gasteiger partial charge in [0.25, 0.3) is 0 Å². The van der Waals surface area contributed by atoms with Crippen molar-refractivity contribution in [3.8, 4) is 6.07 Å². The van der Waals surface area contributed by atoms with Gasteiger partial charge in [-0.2, -0.15) is 5.26 Å². The molecule has 1 aliphatic carbocycles. The number of nitriles is 1. The third kappa shape index (κ3) is 1.34. The van der Waals surface area contributed by atoms with Gasteiger partial charge < -0.3 is 0 Å².